The zero-order valence-electron chi connectivity index (χ0n) is 12.2. The molecule has 0 aromatic rings. The van der Waals surface area contributed by atoms with Crippen molar-refractivity contribution in [3.8, 4) is 12.1 Å². The molecule has 0 rings (SSSR count). The van der Waals surface area contributed by atoms with E-state index in [-0.39, 0.29) is 0 Å². The second kappa shape index (κ2) is 10.8. The van der Waals surface area contributed by atoms with Crippen LogP contribution < -0.4 is 0 Å². The van der Waals surface area contributed by atoms with Crippen LogP contribution in [0.3, 0.4) is 0 Å². The van der Waals surface area contributed by atoms with Crippen molar-refractivity contribution in [1.29, 1.82) is 10.5 Å². The standard InChI is InChI=1S/C19H18N2/c1-5-8-10-12-16(4)18(14-20)19(15-21)17(11-7-3)13-9-6-2/h5-13H,1-3H2,4H3/b10-8-,13-9-,16-12+,17-11?,19-18+. The van der Waals surface area contributed by atoms with Gasteiger partial charge in [0.05, 0.1) is 11.1 Å². The van der Waals surface area contributed by atoms with Gasteiger partial charge in [-0.15, -0.1) is 0 Å². The lowest BCUT2D eigenvalue weighted by atomic mass is 9.96. The van der Waals surface area contributed by atoms with Gasteiger partial charge >= 0.3 is 0 Å². The fourth-order valence-corrected chi connectivity index (χ4v) is 1.49. The monoisotopic (exact) mass is 274 g/mol. The second-order valence-electron chi connectivity index (χ2n) is 3.90. The van der Waals surface area contributed by atoms with E-state index in [1.54, 1.807) is 61.6 Å². The van der Waals surface area contributed by atoms with Crippen LogP contribution >= 0.6 is 0 Å². The number of hydrogen-bond acceptors (Lipinski definition) is 2. The maximum absolute atomic E-state index is 9.39. The molecule has 104 valence electrons. The van der Waals surface area contributed by atoms with Gasteiger partial charge in [-0.05, 0) is 18.1 Å². The summed E-state index contributed by atoms with van der Waals surface area (Å²) in [5.41, 5.74) is 1.95. The smallest absolute Gasteiger partial charge is 0.101 e. The Hall–Kier alpha value is -3.10. The predicted molar refractivity (Wildman–Crippen MR) is 89.0 cm³/mol. The van der Waals surface area contributed by atoms with Gasteiger partial charge in [0.2, 0.25) is 0 Å². The van der Waals surface area contributed by atoms with E-state index < -0.39 is 0 Å². The van der Waals surface area contributed by atoms with E-state index in [4.69, 9.17) is 0 Å². The highest BCUT2D eigenvalue weighted by Gasteiger charge is 2.10. The van der Waals surface area contributed by atoms with E-state index in [2.05, 4.69) is 31.9 Å². The molecule has 0 bridgehead atoms. The number of nitrogens with zero attached hydrogens (tertiary/aromatic N) is 2. The molecule has 0 unspecified atom stereocenters. The molecule has 0 spiro atoms. The van der Waals surface area contributed by atoms with Crippen LogP contribution in [-0.2, 0) is 0 Å². The molecule has 2 heteroatoms. The molecule has 0 saturated heterocycles. The van der Waals surface area contributed by atoms with Gasteiger partial charge in [-0.3, -0.25) is 0 Å². The predicted octanol–water partition coefficient (Wildman–Crippen LogP) is 4.87. The Kier molecular flexibility index (Phi) is 9.20. The summed E-state index contributed by atoms with van der Waals surface area (Å²) in [7, 11) is 0. The van der Waals surface area contributed by atoms with Gasteiger partial charge < -0.3 is 0 Å². The highest BCUT2D eigenvalue weighted by atomic mass is 14.3. The minimum Gasteiger partial charge on any atom is -0.192 e. The largest absolute Gasteiger partial charge is 0.192 e. The van der Waals surface area contributed by atoms with Crippen LogP contribution in [-0.4, -0.2) is 0 Å². The van der Waals surface area contributed by atoms with Crippen LogP contribution in [0.2, 0.25) is 0 Å². The Morgan fingerprint density at radius 2 is 1.43 bits per heavy atom. The molecule has 0 heterocycles. The number of nitriles is 2. The van der Waals surface area contributed by atoms with E-state index in [0.29, 0.717) is 22.3 Å². The van der Waals surface area contributed by atoms with Crippen molar-refractivity contribution in [3.63, 3.8) is 0 Å². The van der Waals surface area contributed by atoms with E-state index in [1.807, 2.05) is 0 Å². The lowest BCUT2D eigenvalue weighted by molar-refractivity contribution is 1.34. The van der Waals surface area contributed by atoms with Crippen molar-refractivity contribution in [2.24, 2.45) is 0 Å². The molecule has 0 aromatic carbocycles. The van der Waals surface area contributed by atoms with Gasteiger partial charge in [0.15, 0.2) is 0 Å². The molecule has 0 aliphatic carbocycles. The molecule has 0 aromatic heterocycles. The van der Waals surface area contributed by atoms with Crippen LogP contribution in [0.5, 0.6) is 0 Å². The molecule has 0 N–H and O–H groups in total. The first kappa shape index (κ1) is 17.9. The quantitative estimate of drug-likeness (QED) is 0.491. The van der Waals surface area contributed by atoms with Crippen molar-refractivity contribution < 1.29 is 0 Å². The van der Waals surface area contributed by atoms with Crippen molar-refractivity contribution in [3.05, 3.63) is 96.7 Å². The third-order valence-corrected chi connectivity index (χ3v) is 2.46. The lowest BCUT2D eigenvalue weighted by Gasteiger charge is -2.04. The Labute approximate surface area is 127 Å². The molecule has 0 fully saturated rings. The lowest BCUT2D eigenvalue weighted by Crippen LogP contribution is -1.93. The van der Waals surface area contributed by atoms with Gasteiger partial charge in [-0.25, -0.2) is 0 Å². The van der Waals surface area contributed by atoms with E-state index in [1.165, 1.54) is 0 Å². The van der Waals surface area contributed by atoms with Crippen LogP contribution in [0.25, 0.3) is 0 Å². The van der Waals surface area contributed by atoms with Crippen molar-refractivity contribution >= 4 is 0 Å². The van der Waals surface area contributed by atoms with Crippen LogP contribution in [0.4, 0.5) is 0 Å². The molecule has 2 nitrogen and oxygen atoms in total. The van der Waals surface area contributed by atoms with Crippen molar-refractivity contribution in [2.45, 2.75) is 6.92 Å². The molecular weight excluding hydrogens is 256 g/mol. The third kappa shape index (κ3) is 6.05. The van der Waals surface area contributed by atoms with Crippen molar-refractivity contribution in [2.75, 3.05) is 0 Å². The molecule has 21 heavy (non-hydrogen) atoms. The Morgan fingerprint density at radius 1 is 0.810 bits per heavy atom. The zero-order chi connectivity index (χ0) is 16.1. The minimum absolute atomic E-state index is 0.302. The fraction of sp³-hybridized carbons (Fsp3) is 0.0526. The summed E-state index contributed by atoms with van der Waals surface area (Å²) in [6.45, 7) is 12.6. The van der Waals surface area contributed by atoms with Gasteiger partial charge in [0, 0.05) is 0 Å². The molecule has 0 amide bonds. The summed E-state index contributed by atoms with van der Waals surface area (Å²) < 4.78 is 0. The van der Waals surface area contributed by atoms with Gasteiger partial charge in [-0.1, -0.05) is 74.4 Å². The summed E-state index contributed by atoms with van der Waals surface area (Å²) in [4.78, 5) is 0. The fourth-order valence-electron chi connectivity index (χ4n) is 1.49. The average Bonchev–Trinajstić information content (AvgIpc) is 2.49. The highest BCUT2D eigenvalue weighted by Crippen LogP contribution is 2.21. The number of allylic oxidation sites excluding steroid dienone is 13. The SMILES string of the molecule is C=CC=C(/C=C\C=C)/C(C#N)=C(C#N)/C(C)=C/C=C\C=C. The Balaban J connectivity index is 6.08. The number of hydrogen-bond donors (Lipinski definition) is 0. The second-order valence-corrected chi connectivity index (χ2v) is 3.90. The van der Waals surface area contributed by atoms with Crippen LogP contribution in [0.1, 0.15) is 6.92 Å². The molecular formula is C19H18N2. The third-order valence-electron chi connectivity index (χ3n) is 2.46. The molecule has 0 aliphatic heterocycles. The van der Waals surface area contributed by atoms with Gasteiger partial charge in [0.25, 0.3) is 0 Å². The summed E-state index contributed by atoms with van der Waals surface area (Å²) >= 11 is 0. The van der Waals surface area contributed by atoms with Crippen molar-refractivity contribution in [1.82, 2.24) is 0 Å². The maximum Gasteiger partial charge on any atom is 0.101 e. The Bertz CT molecular complexity index is 636. The number of rotatable bonds is 7. The summed E-state index contributed by atoms with van der Waals surface area (Å²) in [6.07, 6.45) is 15.2. The summed E-state index contributed by atoms with van der Waals surface area (Å²) in [5.74, 6) is 0. The normalized spacial score (nSPS) is 13.5. The topological polar surface area (TPSA) is 47.6 Å². The molecule has 0 saturated carbocycles. The first-order chi connectivity index (χ1) is 10.2. The molecule has 0 radical (unpaired) electrons. The molecule has 0 aliphatic rings. The minimum atomic E-state index is 0.302. The van der Waals surface area contributed by atoms with E-state index in [9.17, 15) is 10.5 Å². The van der Waals surface area contributed by atoms with Gasteiger partial charge in [-0.2, -0.15) is 10.5 Å². The van der Waals surface area contributed by atoms with Crippen LogP contribution in [0, 0.1) is 22.7 Å². The van der Waals surface area contributed by atoms with Crippen LogP contribution in [0.15, 0.2) is 96.7 Å². The zero-order valence-corrected chi connectivity index (χ0v) is 12.2. The Morgan fingerprint density at radius 3 is 1.90 bits per heavy atom. The van der Waals surface area contributed by atoms with E-state index >= 15 is 0 Å². The first-order valence-corrected chi connectivity index (χ1v) is 6.29. The van der Waals surface area contributed by atoms with E-state index in [0.717, 1.165) is 0 Å². The van der Waals surface area contributed by atoms with Gasteiger partial charge in [0.1, 0.15) is 12.1 Å². The average molecular weight is 274 g/mol. The highest BCUT2D eigenvalue weighted by molar-refractivity contribution is 5.61. The summed E-state index contributed by atoms with van der Waals surface area (Å²) in [5, 5.41) is 18.7. The maximum atomic E-state index is 9.39. The molecule has 0 atom stereocenters. The first-order valence-electron chi connectivity index (χ1n) is 6.29. The summed E-state index contributed by atoms with van der Waals surface area (Å²) in [6, 6.07) is 4.18.